The van der Waals surface area contributed by atoms with Crippen LogP contribution in [0.2, 0.25) is 0 Å². The van der Waals surface area contributed by atoms with E-state index < -0.39 is 0 Å². The van der Waals surface area contributed by atoms with Gasteiger partial charge in [-0.2, -0.15) is 0 Å². The lowest BCUT2D eigenvalue weighted by Gasteiger charge is -2.14. The molecule has 0 radical (unpaired) electrons. The molecule has 0 saturated heterocycles. The molecule has 0 fully saturated rings. The van der Waals surface area contributed by atoms with Crippen LogP contribution in [0.25, 0.3) is 0 Å². The van der Waals surface area contributed by atoms with Gasteiger partial charge in [-0.05, 0) is 31.7 Å². The summed E-state index contributed by atoms with van der Waals surface area (Å²) < 4.78 is 0. The summed E-state index contributed by atoms with van der Waals surface area (Å²) in [6.45, 7) is 2.44. The zero-order chi connectivity index (χ0) is 14.8. The van der Waals surface area contributed by atoms with Gasteiger partial charge in [0.25, 0.3) is 0 Å². The molecule has 3 amide bonds. The summed E-state index contributed by atoms with van der Waals surface area (Å²) in [5, 5.41) is 5.58. The molecule has 5 nitrogen and oxygen atoms in total. The normalized spacial score (nSPS) is 11.7. The number of nitrogens with one attached hydrogen (secondary N) is 2. The molecule has 0 aliphatic heterocycles. The lowest BCUT2D eigenvalue weighted by molar-refractivity contribution is -0.118. The molecule has 1 unspecified atom stereocenters. The predicted molar refractivity (Wildman–Crippen MR) is 79.2 cm³/mol. The molecule has 1 aromatic carbocycles. The fourth-order valence-corrected chi connectivity index (χ4v) is 1.84. The molecule has 1 aromatic rings. The second kappa shape index (κ2) is 8.96. The fourth-order valence-electron chi connectivity index (χ4n) is 1.84. The Bertz CT molecular complexity index is 420. The molecule has 0 heterocycles. The van der Waals surface area contributed by atoms with Crippen LogP contribution in [0.3, 0.4) is 0 Å². The SMILES string of the molecule is CC(CCc1ccccc1)NC(=O)NCCCC(N)=O. The van der Waals surface area contributed by atoms with Crippen molar-refractivity contribution in [3.05, 3.63) is 35.9 Å². The first-order valence-electron chi connectivity index (χ1n) is 6.94. The Morgan fingerprint density at radius 1 is 1.25 bits per heavy atom. The van der Waals surface area contributed by atoms with Crippen molar-refractivity contribution in [3.8, 4) is 0 Å². The van der Waals surface area contributed by atoms with Crippen molar-refractivity contribution in [1.82, 2.24) is 10.6 Å². The van der Waals surface area contributed by atoms with Crippen LogP contribution >= 0.6 is 0 Å². The minimum absolute atomic E-state index is 0.103. The van der Waals surface area contributed by atoms with Crippen molar-refractivity contribution in [2.45, 2.75) is 38.6 Å². The van der Waals surface area contributed by atoms with E-state index in [1.807, 2.05) is 25.1 Å². The van der Waals surface area contributed by atoms with Gasteiger partial charge in [-0.1, -0.05) is 30.3 Å². The number of carbonyl (C=O) groups is 2. The summed E-state index contributed by atoms with van der Waals surface area (Å²) in [6, 6.07) is 10.1. The summed E-state index contributed by atoms with van der Waals surface area (Å²) >= 11 is 0. The molecule has 20 heavy (non-hydrogen) atoms. The highest BCUT2D eigenvalue weighted by molar-refractivity contribution is 5.75. The Hall–Kier alpha value is -2.04. The van der Waals surface area contributed by atoms with Crippen molar-refractivity contribution in [1.29, 1.82) is 0 Å². The van der Waals surface area contributed by atoms with Crippen molar-refractivity contribution in [2.75, 3.05) is 6.54 Å². The molecule has 5 heteroatoms. The van der Waals surface area contributed by atoms with Crippen LogP contribution in [0.4, 0.5) is 4.79 Å². The van der Waals surface area contributed by atoms with Crippen LogP contribution in [0.5, 0.6) is 0 Å². The fraction of sp³-hybridized carbons (Fsp3) is 0.467. The van der Waals surface area contributed by atoms with Crippen molar-refractivity contribution < 1.29 is 9.59 Å². The number of urea groups is 1. The Labute approximate surface area is 119 Å². The molecule has 0 spiro atoms. The number of rotatable bonds is 8. The highest BCUT2D eigenvalue weighted by Gasteiger charge is 2.06. The van der Waals surface area contributed by atoms with Gasteiger partial charge in [0.2, 0.25) is 5.91 Å². The monoisotopic (exact) mass is 277 g/mol. The smallest absolute Gasteiger partial charge is 0.314 e. The summed E-state index contributed by atoms with van der Waals surface area (Å²) in [5.41, 5.74) is 6.28. The molecule has 1 rings (SSSR count). The highest BCUT2D eigenvalue weighted by atomic mass is 16.2. The average molecular weight is 277 g/mol. The zero-order valence-corrected chi connectivity index (χ0v) is 11.9. The third kappa shape index (κ3) is 7.41. The lowest BCUT2D eigenvalue weighted by Crippen LogP contribution is -2.41. The van der Waals surface area contributed by atoms with Crippen LogP contribution in [-0.4, -0.2) is 24.5 Å². The standard InChI is InChI=1S/C15H23N3O2/c1-12(9-10-13-6-3-2-4-7-13)18-15(20)17-11-5-8-14(16)19/h2-4,6-7,12H,5,8-11H2,1H3,(H2,16,19)(H2,17,18,20). The average Bonchev–Trinajstić information content (AvgIpc) is 2.42. The Morgan fingerprint density at radius 2 is 1.95 bits per heavy atom. The van der Waals surface area contributed by atoms with E-state index in [2.05, 4.69) is 22.8 Å². The number of nitrogens with two attached hydrogens (primary N) is 1. The van der Waals surface area contributed by atoms with E-state index in [9.17, 15) is 9.59 Å². The summed E-state index contributed by atoms with van der Waals surface area (Å²) in [6.07, 6.45) is 2.69. The first-order chi connectivity index (χ1) is 9.58. The maximum Gasteiger partial charge on any atom is 0.314 e. The molecule has 0 saturated carbocycles. The predicted octanol–water partition coefficient (Wildman–Crippen LogP) is 1.57. The van der Waals surface area contributed by atoms with E-state index in [1.54, 1.807) is 0 Å². The maximum absolute atomic E-state index is 11.6. The Kier molecular flexibility index (Phi) is 7.17. The topological polar surface area (TPSA) is 84.2 Å². The van der Waals surface area contributed by atoms with Gasteiger partial charge in [0.05, 0.1) is 0 Å². The molecule has 0 aromatic heterocycles. The molecule has 0 aliphatic rings. The van der Waals surface area contributed by atoms with E-state index in [0.717, 1.165) is 12.8 Å². The van der Waals surface area contributed by atoms with Gasteiger partial charge in [0, 0.05) is 19.0 Å². The van der Waals surface area contributed by atoms with E-state index in [-0.39, 0.29) is 18.0 Å². The first kappa shape index (κ1) is 16.0. The van der Waals surface area contributed by atoms with Gasteiger partial charge < -0.3 is 16.4 Å². The van der Waals surface area contributed by atoms with E-state index in [1.165, 1.54) is 5.56 Å². The molecule has 0 bridgehead atoms. The number of carbonyl (C=O) groups excluding carboxylic acids is 2. The summed E-state index contributed by atoms with van der Waals surface area (Å²) in [4.78, 5) is 22.1. The van der Waals surface area contributed by atoms with Crippen LogP contribution in [0.15, 0.2) is 30.3 Å². The highest BCUT2D eigenvalue weighted by Crippen LogP contribution is 2.04. The summed E-state index contributed by atoms with van der Waals surface area (Å²) in [7, 11) is 0. The molecule has 110 valence electrons. The number of benzene rings is 1. The number of primary amides is 1. The second-order valence-electron chi connectivity index (χ2n) is 4.90. The van der Waals surface area contributed by atoms with Gasteiger partial charge >= 0.3 is 6.03 Å². The molecule has 0 aliphatic carbocycles. The minimum Gasteiger partial charge on any atom is -0.370 e. The van der Waals surface area contributed by atoms with Crippen molar-refractivity contribution in [2.24, 2.45) is 5.73 Å². The Balaban J connectivity index is 2.13. The van der Waals surface area contributed by atoms with Crippen LogP contribution in [0, 0.1) is 0 Å². The zero-order valence-electron chi connectivity index (χ0n) is 11.9. The van der Waals surface area contributed by atoms with Gasteiger partial charge in [-0.3, -0.25) is 4.79 Å². The number of aryl methyl sites for hydroxylation is 1. The van der Waals surface area contributed by atoms with E-state index >= 15 is 0 Å². The third-order valence-electron chi connectivity index (χ3n) is 2.97. The van der Waals surface area contributed by atoms with Crippen LogP contribution in [-0.2, 0) is 11.2 Å². The first-order valence-corrected chi connectivity index (χ1v) is 6.94. The maximum atomic E-state index is 11.6. The number of amides is 3. The van der Waals surface area contributed by atoms with Gasteiger partial charge in [0.15, 0.2) is 0 Å². The third-order valence-corrected chi connectivity index (χ3v) is 2.97. The van der Waals surface area contributed by atoms with Gasteiger partial charge in [-0.25, -0.2) is 4.79 Å². The molecule has 4 N–H and O–H groups in total. The van der Waals surface area contributed by atoms with Gasteiger partial charge in [-0.15, -0.1) is 0 Å². The van der Waals surface area contributed by atoms with Crippen molar-refractivity contribution >= 4 is 11.9 Å². The Morgan fingerprint density at radius 3 is 2.60 bits per heavy atom. The number of hydrogen-bond donors (Lipinski definition) is 3. The molecular weight excluding hydrogens is 254 g/mol. The minimum atomic E-state index is -0.344. The largest absolute Gasteiger partial charge is 0.370 e. The van der Waals surface area contributed by atoms with Crippen molar-refractivity contribution in [3.63, 3.8) is 0 Å². The quantitative estimate of drug-likeness (QED) is 0.630. The van der Waals surface area contributed by atoms with Gasteiger partial charge in [0.1, 0.15) is 0 Å². The lowest BCUT2D eigenvalue weighted by atomic mass is 10.1. The molecule has 1 atom stereocenters. The second-order valence-corrected chi connectivity index (χ2v) is 4.90. The van der Waals surface area contributed by atoms with E-state index in [4.69, 9.17) is 5.73 Å². The van der Waals surface area contributed by atoms with E-state index in [0.29, 0.717) is 19.4 Å². The van der Waals surface area contributed by atoms with Crippen LogP contribution < -0.4 is 16.4 Å². The molecular formula is C15H23N3O2. The van der Waals surface area contributed by atoms with Crippen LogP contribution in [0.1, 0.15) is 31.7 Å². The summed E-state index contributed by atoms with van der Waals surface area (Å²) in [5.74, 6) is -0.344. The number of hydrogen-bond acceptors (Lipinski definition) is 2.